The molecule has 2 rings (SSSR count). The summed E-state index contributed by atoms with van der Waals surface area (Å²) in [7, 11) is 0. The van der Waals surface area contributed by atoms with E-state index in [1.807, 2.05) is 0 Å². The Morgan fingerprint density at radius 3 is 2.21 bits per heavy atom. The Morgan fingerprint density at radius 1 is 1.12 bits per heavy atom. The van der Waals surface area contributed by atoms with Crippen LogP contribution in [0.4, 0.5) is 8.78 Å². The first-order valence-electron chi connectivity index (χ1n) is 7.61. The summed E-state index contributed by atoms with van der Waals surface area (Å²) in [5.41, 5.74) is 0.636. The first-order chi connectivity index (χ1) is 11.4. The van der Waals surface area contributed by atoms with Gasteiger partial charge in [-0.15, -0.1) is 0 Å². The first kappa shape index (κ1) is 18.0. The Bertz CT molecular complexity index is 684. The van der Waals surface area contributed by atoms with Crippen molar-refractivity contribution in [2.24, 2.45) is 0 Å². The molecule has 0 aliphatic carbocycles. The zero-order valence-corrected chi connectivity index (χ0v) is 13.2. The van der Waals surface area contributed by atoms with Crippen molar-refractivity contribution in [1.29, 1.82) is 0 Å². The predicted octanol–water partition coefficient (Wildman–Crippen LogP) is 3.26. The predicted molar refractivity (Wildman–Crippen MR) is 85.6 cm³/mol. The number of aromatic carboxylic acids is 1. The normalized spacial score (nSPS) is 13.5. The van der Waals surface area contributed by atoms with Gasteiger partial charge in [0.2, 0.25) is 0 Å². The summed E-state index contributed by atoms with van der Waals surface area (Å²) in [5, 5.41) is 22.2. The Labute approximate surface area is 138 Å². The number of carboxylic acid groups (broad SMARTS) is 1. The second-order valence-electron chi connectivity index (χ2n) is 5.48. The summed E-state index contributed by atoms with van der Waals surface area (Å²) in [5.74, 6) is -2.58. The maximum absolute atomic E-state index is 13.8. The topological polar surface area (TPSA) is 69.6 Å². The molecule has 128 valence electrons. The van der Waals surface area contributed by atoms with Crippen LogP contribution in [0.25, 0.3) is 0 Å². The summed E-state index contributed by atoms with van der Waals surface area (Å²) in [6, 6.07) is 9.19. The van der Waals surface area contributed by atoms with Crippen molar-refractivity contribution < 1.29 is 23.8 Å². The van der Waals surface area contributed by atoms with Crippen molar-refractivity contribution in [2.75, 3.05) is 0 Å². The average molecular weight is 335 g/mol. The van der Waals surface area contributed by atoms with Crippen molar-refractivity contribution in [3.05, 3.63) is 70.8 Å². The average Bonchev–Trinajstić information content (AvgIpc) is 2.55. The standard InChI is InChI=1S/C18H19F2NO3/c1-2-15(17(22)16-13(19)4-3-5-14(16)20)21-10-11-6-8-12(9-7-11)18(23)24/h3-9,15,17,21-22H,2,10H2,1H3,(H,23,24). The van der Waals surface area contributed by atoms with Gasteiger partial charge in [0, 0.05) is 12.6 Å². The minimum atomic E-state index is -1.32. The van der Waals surface area contributed by atoms with Crippen LogP contribution in [0.15, 0.2) is 42.5 Å². The highest BCUT2D eigenvalue weighted by Gasteiger charge is 2.25. The fraction of sp³-hybridized carbons (Fsp3) is 0.278. The molecule has 0 saturated heterocycles. The minimum Gasteiger partial charge on any atom is -0.478 e. The highest BCUT2D eigenvalue weighted by molar-refractivity contribution is 5.87. The van der Waals surface area contributed by atoms with Crippen molar-refractivity contribution in [2.45, 2.75) is 32.0 Å². The Morgan fingerprint density at radius 2 is 1.71 bits per heavy atom. The summed E-state index contributed by atoms with van der Waals surface area (Å²) in [6.45, 7) is 2.14. The molecule has 0 bridgehead atoms. The van der Waals surface area contributed by atoms with Crippen LogP contribution in [-0.2, 0) is 6.54 Å². The van der Waals surface area contributed by atoms with Crippen LogP contribution in [0.2, 0.25) is 0 Å². The van der Waals surface area contributed by atoms with Gasteiger partial charge in [0.15, 0.2) is 0 Å². The van der Waals surface area contributed by atoms with Crippen LogP contribution in [0, 0.1) is 11.6 Å². The van der Waals surface area contributed by atoms with Gasteiger partial charge in [0.25, 0.3) is 0 Å². The molecule has 2 aromatic rings. The van der Waals surface area contributed by atoms with Crippen LogP contribution in [0.1, 0.15) is 40.9 Å². The van der Waals surface area contributed by atoms with Gasteiger partial charge in [0.1, 0.15) is 11.6 Å². The molecule has 0 amide bonds. The molecular formula is C18H19F2NO3. The minimum absolute atomic E-state index is 0.180. The van der Waals surface area contributed by atoms with Crippen molar-refractivity contribution in [3.8, 4) is 0 Å². The quantitative estimate of drug-likeness (QED) is 0.726. The summed E-state index contributed by atoms with van der Waals surface area (Å²) in [4.78, 5) is 10.8. The highest BCUT2D eigenvalue weighted by Crippen LogP contribution is 2.25. The van der Waals surface area contributed by atoms with Crippen LogP contribution in [0.3, 0.4) is 0 Å². The van der Waals surface area contributed by atoms with Gasteiger partial charge in [-0.25, -0.2) is 13.6 Å². The fourth-order valence-electron chi connectivity index (χ4n) is 2.49. The maximum atomic E-state index is 13.8. The number of halogens is 2. The van der Waals surface area contributed by atoms with Gasteiger partial charge in [-0.1, -0.05) is 25.1 Å². The lowest BCUT2D eigenvalue weighted by atomic mass is 9.98. The van der Waals surface area contributed by atoms with E-state index in [0.717, 1.165) is 17.7 Å². The molecular weight excluding hydrogens is 316 g/mol. The second kappa shape index (κ2) is 7.99. The lowest BCUT2D eigenvalue weighted by Gasteiger charge is -2.24. The Hall–Kier alpha value is -2.31. The molecule has 0 spiro atoms. The van der Waals surface area contributed by atoms with Gasteiger partial charge < -0.3 is 15.5 Å². The van der Waals surface area contributed by atoms with Crippen molar-refractivity contribution in [1.82, 2.24) is 5.32 Å². The van der Waals surface area contributed by atoms with Gasteiger partial charge in [0.05, 0.1) is 17.2 Å². The number of aliphatic hydroxyl groups is 1. The largest absolute Gasteiger partial charge is 0.478 e. The molecule has 24 heavy (non-hydrogen) atoms. The number of hydrogen-bond donors (Lipinski definition) is 3. The number of rotatable bonds is 7. The van der Waals surface area contributed by atoms with Gasteiger partial charge in [-0.05, 0) is 36.2 Å². The third kappa shape index (κ3) is 4.15. The second-order valence-corrected chi connectivity index (χ2v) is 5.48. The van der Waals surface area contributed by atoms with E-state index in [2.05, 4.69) is 5.32 Å². The molecule has 0 fully saturated rings. The molecule has 6 heteroatoms. The van der Waals surface area contributed by atoms with Gasteiger partial charge >= 0.3 is 5.97 Å². The smallest absolute Gasteiger partial charge is 0.335 e. The van der Waals surface area contributed by atoms with Crippen LogP contribution in [0.5, 0.6) is 0 Å². The van der Waals surface area contributed by atoms with Crippen LogP contribution < -0.4 is 5.32 Å². The van der Waals surface area contributed by atoms with E-state index >= 15 is 0 Å². The molecule has 4 nitrogen and oxygen atoms in total. The summed E-state index contributed by atoms with van der Waals surface area (Å²) < 4.78 is 27.6. The molecule has 0 radical (unpaired) electrons. The van der Waals surface area contributed by atoms with E-state index in [0.29, 0.717) is 13.0 Å². The molecule has 2 atom stereocenters. The Kier molecular flexibility index (Phi) is 6.00. The molecule has 0 saturated carbocycles. The zero-order valence-electron chi connectivity index (χ0n) is 13.2. The summed E-state index contributed by atoms with van der Waals surface area (Å²) >= 11 is 0. The third-order valence-electron chi connectivity index (χ3n) is 3.89. The molecule has 0 aliphatic heterocycles. The van der Waals surface area contributed by atoms with E-state index in [1.165, 1.54) is 18.2 Å². The molecule has 2 aromatic carbocycles. The monoisotopic (exact) mass is 335 g/mol. The third-order valence-corrected chi connectivity index (χ3v) is 3.89. The van der Waals surface area contributed by atoms with Gasteiger partial charge in [-0.3, -0.25) is 0 Å². The van der Waals surface area contributed by atoms with Gasteiger partial charge in [-0.2, -0.15) is 0 Å². The SMILES string of the molecule is CCC(NCc1ccc(C(=O)O)cc1)C(O)c1c(F)cccc1F. The maximum Gasteiger partial charge on any atom is 0.335 e. The molecule has 0 aliphatic rings. The van der Waals surface area contributed by atoms with Crippen molar-refractivity contribution >= 4 is 5.97 Å². The van der Waals surface area contributed by atoms with E-state index in [4.69, 9.17) is 5.11 Å². The van der Waals surface area contributed by atoms with Crippen molar-refractivity contribution in [3.63, 3.8) is 0 Å². The van der Waals surface area contributed by atoms with Crippen LogP contribution in [-0.4, -0.2) is 22.2 Å². The zero-order chi connectivity index (χ0) is 17.7. The first-order valence-corrected chi connectivity index (χ1v) is 7.61. The van der Waals surface area contributed by atoms with E-state index in [1.54, 1.807) is 19.1 Å². The van der Waals surface area contributed by atoms with E-state index in [-0.39, 0.29) is 11.1 Å². The fourth-order valence-corrected chi connectivity index (χ4v) is 2.49. The number of aliphatic hydroxyl groups excluding tert-OH is 1. The van der Waals surface area contributed by atoms with E-state index in [9.17, 15) is 18.7 Å². The number of nitrogens with one attached hydrogen (secondary N) is 1. The van der Waals surface area contributed by atoms with E-state index < -0.39 is 29.7 Å². The number of carbonyl (C=O) groups is 1. The number of hydrogen-bond acceptors (Lipinski definition) is 3. The summed E-state index contributed by atoms with van der Waals surface area (Å²) in [6.07, 6.45) is -0.864. The lowest BCUT2D eigenvalue weighted by molar-refractivity contribution is 0.0697. The van der Waals surface area contributed by atoms with Crippen LogP contribution >= 0.6 is 0 Å². The lowest BCUT2D eigenvalue weighted by Crippen LogP contribution is -2.34. The molecule has 2 unspecified atom stereocenters. The molecule has 0 heterocycles. The highest BCUT2D eigenvalue weighted by atomic mass is 19.1. The number of benzene rings is 2. The molecule has 3 N–H and O–H groups in total. The number of carboxylic acids is 1. The Balaban J connectivity index is 2.07. The molecule has 0 aromatic heterocycles.